The molecule has 4 N–H and O–H groups in total. The van der Waals surface area contributed by atoms with Crippen molar-refractivity contribution < 1.29 is 24.4 Å². The van der Waals surface area contributed by atoms with Crippen LogP contribution in [0.1, 0.15) is 70.9 Å². The number of phenolic OH excluding ortho intramolecular Hbond substituents is 2. The maximum atomic E-state index is 13.3. The van der Waals surface area contributed by atoms with Crippen molar-refractivity contribution in [3.63, 3.8) is 0 Å². The van der Waals surface area contributed by atoms with Gasteiger partial charge in [-0.15, -0.1) is 0 Å². The summed E-state index contributed by atoms with van der Waals surface area (Å²) in [6.07, 6.45) is 11.9. The first kappa shape index (κ1) is 43.4. The number of halogens is 1. The Bertz CT molecular complexity index is 3030. The van der Waals surface area contributed by atoms with E-state index in [0.717, 1.165) is 58.2 Å². The van der Waals surface area contributed by atoms with Gasteiger partial charge in [-0.25, -0.2) is 0 Å². The molecule has 8 nitrogen and oxygen atoms in total. The molecule has 0 fully saturated rings. The molecule has 0 aromatic heterocycles. The van der Waals surface area contributed by atoms with Crippen LogP contribution in [0.5, 0.6) is 11.5 Å². The van der Waals surface area contributed by atoms with Gasteiger partial charge < -0.3 is 25.7 Å². The molecular formula is C56H54ClN4O4+. The van der Waals surface area contributed by atoms with Gasteiger partial charge in [-0.2, -0.15) is 4.58 Å². The lowest BCUT2D eigenvalue weighted by molar-refractivity contribution is -0.436. The van der Waals surface area contributed by atoms with E-state index in [4.69, 9.17) is 11.6 Å². The molecule has 1 aliphatic carbocycles. The number of nitrogens with one attached hydrogen (secondary N) is 2. The van der Waals surface area contributed by atoms with E-state index in [-0.39, 0.29) is 47.0 Å². The second-order valence-electron chi connectivity index (χ2n) is 18.3. The Morgan fingerprint density at radius 3 is 1.91 bits per heavy atom. The van der Waals surface area contributed by atoms with E-state index in [1.807, 2.05) is 0 Å². The highest BCUT2D eigenvalue weighted by molar-refractivity contribution is 6.32. The van der Waals surface area contributed by atoms with Crippen LogP contribution in [0.2, 0.25) is 0 Å². The van der Waals surface area contributed by atoms with Crippen LogP contribution in [0.15, 0.2) is 168 Å². The lowest BCUT2D eigenvalue weighted by Gasteiger charge is -2.27. The van der Waals surface area contributed by atoms with Crippen molar-refractivity contribution >= 4 is 73.4 Å². The number of amides is 2. The molecule has 0 spiro atoms. The van der Waals surface area contributed by atoms with E-state index < -0.39 is 0 Å². The third kappa shape index (κ3) is 8.47. The summed E-state index contributed by atoms with van der Waals surface area (Å²) in [5.41, 5.74) is 9.53. The van der Waals surface area contributed by atoms with Crippen molar-refractivity contribution in [3.8, 4) is 11.5 Å². The summed E-state index contributed by atoms with van der Waals surface area (Å²) in [7, 11) is 0. The van der Waals surface area contributed by atoms with E-state index in [9.17, 15) is 19.8 Å². The highest BCUT2D eigenvalue weighted by atomic mass is 35.5. The van der Waals surface area contributed by atoms with Crippen molar-refractivity contribution in [1.29, 1.82) is 0 Å². The standard InChI is InChI=1S/C56H53ClN4O4/c1-55(2)48(60(34-32-50(64)58-40-20-24-42(62)25-21-40)46-28-16-36-10-5-7-14-44(36)52(46)55)30-18-38-12-9-13-39(54(38)57)19-31-49-56(3,4)53-45-15-8-6-11-37(45)17-29-47(53)61(49)35-33-51(65)59-41-22-26-43(63)27-23-41/h5-8,10-11,14-31H,9,12-13,32-35H2,1-4H3,(H3-,58,59,62,63,64,65)/p+1. The first-order valence-corrected chi connectivity index (χ1v) is 22.8. The monoisotopic (exact) mass is 881 g/mol. The summed E-state index contributed by atoms with van der Waals surface area (Å²) in [5.74, 6) is 0.0866. The van der Waals surface area contributed by atoms with Crippen LogP contribution < -0.4 is 15.5 Å². The second-order valence-corrected chi connectivity index (χ2v) is 18.6. The third-order valence-corrected chi connectivity index (χ3v) is 13.8. The summed E-state index contributed by atoms with van der Waals surface area (Å²) in [4.78, 5) is 28.9. The van der Waals surface area contributed by atoms with Crippen LogP contribution in [-0.4, -0.2) is 45.4 Å². The van der Waals surface area contributed by atoms with Gasteiger partial charge >= 0.3 is 0 Å². The third-order valence-electron chi connectivity index (χ3n) is 13.3. The largest absolute Gasteiger partial charge is 0.508 e. The average molecular weight is 883 g/mol. The van der Waals surface area contributed by atoms with E-state index in [1.54, 1.807) is 48.5 Å². The zero-order chi connectivity index (χ0) is 45.5. The SMILES string of the molecule is CC1(C)C(=CC=C2CCCC(C=CC3=[N+](CCC(=O)Nc4ccc(O)cc4)c4ccc5ccccc5c4C3(C)C)=C2Cl)N(CCC(=O)Nc2ccc(O)cc2)c2ccc3ccccc3c21. The van der Waals surface area contributed by atoms with Crippen LogP contribution >= 0.6 is 11.6 Å². The Morgan fingerprint density at radius 2 is 1.26 bits per heavy atom. The molecule has 0 saturated heterocycles. The molecule has 0 bridgehead atoms. The minimum absolute atomic E-state index is 0.106. The van der Waals surface area contributed by atoms with Crippen molar-refractivity contribution in [1.82, 2.24) is 0 Å². The fourth-order valence-corrected chi connectivity index (χ4v) is 10.4. The Balaban J connectivity index is 1.04. The molecule has 2 heterocycles. The van der Waals surface area contributed by atoms with Crippen molar-refractivity contribution in [2.75, 3.05) is 28.6 Å². The van der Waals surface area contributed by atoms with Gasteiger partial charge in [0.05, 0.1) is 11.8 Å². The first-order valence-electron chi connectivity index (χ1n) is 22.4. The van der Waals surface area contributed by atoms with Crippen LogP contribution in [0.4, 0.5) is 22.7 Å². The lowest BCUT2D eigenvalue weighted by Crippen LogP contribution is -2.29. The van der Waals surface area contributed by atoms with Crippen LogP contribution in [-0.2, 0) is 20.4 Å². The lowest BCUT2D eigenvalue weighted by atomic mass is 9.78. The second kappa shape index (κ2) is 17.6. The molecule has 6 aromatic carbocycles. The number of anilines is 3. The molecule has 0 saturated carbocycles. The molecular weight excluding hydrogens is 828 g/mol. The predicted molar refractivity (Wildman–Crippen MR) is 266 cm³/mol. The van der Waals surface area contributed by atoms with Gasteiger partial charge in [0.25, 0.3) is 0 Å². The van der Waals surface area contributed by atoms with Gasteiger partial charge in [0, 0.05) is 63.9 Å². The molecule has 0 unspecified atom stereocenters. The number of phenols is 2. The molecule has 3 aliphatic rings. The number of rotatable bonds is 11. The molecule has 328 valence electrons. The molecule has 65 heavy (non-hydrogen) atoms. The highest BCUT2D eigenvalue weighted by Crippen LogP contribution is 2.51. The summed E-state index contributed by atoms with van der Waals surface area (Å²) in [6, 6.07) is 38.7. The quantitative estimate of drug-likeness (QED) is 0.0766. The predicted octanol–water partition coefficient (Wildman–Crippen LogP) is 12.7. The number of nitrogens with zero attached hydrogens (tertiary/aromatic N) is 2. The Morgan fingerprint density at radius 1 is 0.677 bits per heavy atom. The zero-order valence-corrected chi connectivity index (χ0v) is 38.0. The molecule has 9 rings (SSSR count). The highest BCUT2D eigenvalue weighted by Gasteiger charge is 2.46. The summed E-state index contributed by atoms with van der Waals surface area (Å²) in [5, 5.41) is 30.9. The molecule has 2 amide bonds. The van der Waals surface area contributed by atoms with Crippen LogP contribution in [0.25, 0.3) is 21.5 Å². The molecule has 6 aromatic rings. The number of carbonyl (C=O) groups excluding carboxylic acids is 2. The smallest absolute Gasteiger partial charge is 0.230 e. The Hall–Kier alpha value is -6.90. The van der Waals surface area contributed by atoms with Gasteiger partial charge in [-0.05, 0) is 138 Å². The Labute approximate surface area is 385 Å². The molecule has 9 heteroatoms. The number of allylic oxidation sites excluding steroid dienone is 8. The van der Waals surface area contributed by atoms with Crippen molar-refractivity contribution in [2.24, 2.45) is 0 Å². The van der Waals surface area contributed by atoms with Crippen LogP contribution in [0, 0.1) is 0 Å². The number of benzene rings is 6. The van der Waals surface area contributed by atoms with Crippen molar-refractivity contribution in [2.45, 2.75) is 70.6 Å². The summed E-state index contributed by atoms with van der Waals surface area (Å²) < 4.78 is 2.29. The fourth-order valence-electron chi connectivity index (χ4n) is 10.1. The molecule has 0 radical (unpaired) electrons. The zero-order valence-electron chi connectivity index (χ0n) is 37.3. The minimum atomic E-state index is -0.372. The maximum absolute atomic E-state index is 13.3. The number of fused-ring (bicyclic) bond motifs is 6. The maximum Gasteiger partial charge on any atom is 0.230 e. The van der Waals surface area contributed by atoms with E-state index in [0.29, 0.717) is 24.5 Å². The van der Waals surface area contributed by atoms with Crippen LogP contribution in [0.3, 0.4) is 0 Å². The van der Waals surface area contributed by atoms with Gasteiger partial charge in [0.1, 0.15) is 11.5 Å². The van der Waals surface area contributed by atoms with Gasteiger partial charge in [-0.3, -0.25) is 9.59 Å². The molecule has 2 aliphatic heterocycles. The summed E-state index contributed by atoms with van der Waals surface area (Å²) in [6.45, 7) is 10.00. The number of carbonyl (C=O) groups is 2. The van der Waals surface area contributed by atoms with E-state index in [2.05, 4.69) is 145 Å². The number of aromatic hydroxyl groups is 2. The van der Waals surface area contributed by atoms with Gasteiger partial charge in [0.15, 0.2) is 12.3 Å². The van der Waals surface area contributed by atoms with Gasteiger partial charge in [-0.1, -0.05) is 92.2 Å². The topological polar surface area (TPSA) is 105 Å². The average Bonchev–Trinajstić information content (AvgIpc) is 3.66. The number of hydrogen-bond donors (Lipinski definition) is 4. The van der Waals surface area contributed by atoms with Gasteiger partial charge in [0.2, 0.25) is 17.5 Å². The summed E-state index contributed by atoms with van der Waals surface area (Å²) >= 11 is 7.41. The van der Waals surface area contributed by atoms with E-state index in [1.165, 1.54) is 32.7 Å². The minimum Gasteiger partial charge on any atom is -0.508 e. The normalized spacial score (nSPS) is 17.7. The fraction of sp³-hybridized carbons (Fsp3) is 0.232. The molecule has 0 atom stereocenters. The Kier molecular flexibility index (Phi) is 11.7. The van der Waals surface area contributed by atoms with E-state index >= 15 is 0 Å². The number of hydrogen-bond acceptors (Lipinski definition) is 5. The van der Waals surface area contributed by atoms with Crippen molar-refractivity contribution in [3.05, 3.63) is 179 Å². The first-order chi connectivity index (χ1) is 31.3.